The van der Waals surface area contributed by atoms with E-state index in [9.17, 15) is 0 Å². The highest BCUT2D eigenvalue weighted by atomic mass is 28.4. The molecule has 0 amide bonds. The molecule has 0 aliphatic heterocycles. The van der Waals surface area contributed by atoms with E-state index in [1.54, 1.807) is 31.7 Å². The SMILES string of the molecule is CCCCCCCCCC(CC)[Si](C)(C)c1ccc([Si](C)(C)CCC[Si](OC)(OC)OC)cc1.O=C=O. The van der Waals surface area contributed by atoms with Crippen molar-refractivity contribution >= 4 is 41.5 Å². The van der Waals surface area contributed by atoms with E-state index in [0.29, 0.717) is 0 Å². The lowest BCUT2D eigenvalue weighted by Crippen LogP contribution is -2.48. The van der Waals surface area contributed by atoms with Crippen molar-refractivity contribution < 1.29 is 22.9 Å². The summed E-state index contributed by atoms with van der Waals surface area (Å²) < 4.78 is 16.8. The minimum atomic E-state index is -2.46. The molecule has 0 saturated heterocycles. The molecule has 1 rings (SSSR count). The van der Waals surface area contributed by atoms with E-state index >= 15 is 0 Å². The van der Waals surface area contributed by atoms with Crippen LogP contribution in [0.15, 0.2) is 24.3 Å². The Hall–Kier alpha value is -0.869. The topological polar surface area (TPSA) is 61.8 Å². The van der Waals surface area contributed by atoms with E-state index in [2.05, 4.69) is 64.3 Å². The molecule has 214 valence electrons. The molecule has 0 aromatic heterocycles. The van der Waals surface area contributed by atoms with Crippen molar-refractivity contribution in [2.45, 2.75) is 122 Å². The third-order valence-electron chi connectivity index (χ3n) is 8.30. The maximum atomic E-state index is 8.12. The Morgan fingerprint density at radius 3 is 1.62 bits per heavy atom. The first-order valence-electron chi connectivity index (χ1n) is 14.3. The highest BCUT2D eigenvalue weighted by Crippen LogP contribution is 2.31. The van der Waals surface area contributed by atoms with Crippen molar-refractivity contribution in [3.05, 3.63) is 24.3 Å². The molecule has 0 radical (unpaired) electrons. The molecule has 0 N–H and O–H groups in total. The minimum absolute atomic E-state index is 0.250. The van der Waals surface area contributed by atoms with Crippen molar-refractivity contribution in [3.63, 3.8) is 0 Å². The lowest BCUT2D eigenvalue weighted by Gasteiger charge is -2.33. The fraction of sp³-hybridized carbons (Fsp3) is 0.759. The van der Waals surface area contributed by atoms with Gasteiger partial charge in [-0.3, -0.25) is 0 Å². The molecule has 5 nitrogen and oxygen atoms in total. The molecule has 0 heterocycles. The maximum Gasteiger partial charge on any atom is 0.500 e. The summed E-state index contributed by atoms with van der Waals surface area (Å²) in [5.74, 6) is 0. The Kier molecular flexibility index (Phi) is 18.8. The summed E-state index contributed by atoms with van der Waals surface area (Å²) in [7, 11) is -0.299. The number of hydrogen-bond acceptors (Lipinski definition) is 5. The summed E-state index contributed by atoms with van der Waals surface area (Å²) in [6, 6.07) is 12.0. The van der Waals surface area contributed by atoms with E-state index in [1.165, 1.54) is 63.8 Å². The predicted octanol–water partition coefficient (Wildman–Crippen LogP) is 7.12. The van der Waals surface area contributed by atoms with Gasteiger partial charge in [-0.05, 0) is 5.54 Å². The van der Waals surface area contributed by atoms with Crippen molar-refractivity contribution in [1.82, 2.24) is 0 Å². The van der Waals surface area contributed by atoms with Gasteiger partial charge in [0.25, 0.3) is 0 Å². The summed E-state index contributed by atoms with van der Waals surface area (Å²) in [6.45, 7) is 14.9. The van der Waals surface area contributed by atoms with Crippen molar-refractivity contribution in [1.29, 1.82) is 0 Å². The van der Waals surface area contributed by atoms with Crippen molar-refractivity contribution in [2.24, 2.45) is 0 Å². The second-order valence-corrected chi connectivity index (χ2v) is 24.2. The number of rotatable bonds is 19. The molecule has 0 bridgehead atoms. The van der Waals surface area contributed by atoms with Crippen LogP contribution in [0.2, 0.25) is 43.8 Å². The lowest BCUT2D eigenvalue weighted by molar-refractivity contribution is -0.191. The van der Waals surface area contributed by atoms with Gasteiger partial charge in [-0.15, -0.1) is 0 Å². The van der Waals surface area contributed by atoms with Gasteiger partial charge in [0.2, 0.25) is 0 Å². The van der Waals surface area contributed by atoms with Gasteiger partial charge in [-0.25, -0.2) is 0 Å². The highest BCUT2D eigenvalue weighted by Gasteiger charge is 2.38. The second-order valence-electron chi connectivity index (χ2n) is 11.4. The molecule has 0 saturated carbocycles. The van der Waals surface area contributed by atoms with Crippen molar-refractivity contribution in [3.8, 4) is 0 Å². The number of hydrogen-bond donors (Lipinski definition) is 0. The van der Waals surface area contributed by atoms with Gasteiger partial charge in [0.05, 0.1) is 16.1 Å². The smallest absolute Gasteiger partial charge is 0.377 e. The quantitative estimate of drug-likeness (QED) is 0.131. The highest BCUT2D eigenvalue weighted by molar-refractivity contribution is 6.92. The van der Waals surface area contributed by atoms with Crippen LogP contribution in [0.1, 0.15) is 78.1 Å². The van der Waals surface area contributed by atoms with E-state index in [0.717, 1.165) is 18.0 Å². The molecule has 0 spiro atoms. The third-order valence-corrected chi connectivity index (χ3v) is 19.2. The first-order valence-corrected chi connectivity index (χ1v) is 22.5. The van der Waals surface area contributed by atoms with Crippen LogP contribution in [0.25, 0.3) is 0 Å². The molecule has 0 fully saturated rings. The monoisotopic (exact) mass is 568 g/mol. The van der Waals surface area contributed by atoms with E-state index in [-0.39, 0.29) is 6.15 Å². The molecule has 0 aliphatic rings. The van der Waals surface area contributed by atoms with Crippen LogP contribution in [0.4, 0.5) is 0 Å². The summed E-state index contributed by atoms with van der Waals surface area (Å²) in [4.78, 5) is 16.2. The molecular formula is C29H56O5Si3. The lowest BCUT2D eigenvalue weighted by atomic mass is 10.1. The molecule has 1 atom stereocenters. The normalized spacial score (nSPS) is 13.0. The number of unbranched alkanes of at least 4 members (excludes halogenated alkanes) is 6. The molecule has 0 aliphatic carbocycles. The van der Waals surface area contributed by atoms with Crippen LogP contribution in [-0.4, -0.2) is 52.4 Å². The molecule has 37 heavy (non-hydrogen) atoms. The molecule has 1 aromatic rings. The van der Waals surface area contributed by atoms with Gasteiger partial charge < -0.3 is 13.3 Å². The Bertz CT molecular complexity index is 734. The zero-order chi connectivity index (χ0) is 28.4. The standard InChI is InChI=1S/C28H56O3Si3.CO2/c1-10-12-13-14-15-16-17-19-26(11-2)33(8,9)28-22-20-27(21-23-28)32(6,7)24-18-25-34(29-3,30-4)31-5;2-1-3/h20-23,26H,10-19,24-25H2,1-9H3;. The number of benzene rings is 1. The average Bonchev–Trinajstić information content (AvgIpc) is 2.89. The largest absolute Gasteiger partial charge is 0.500 e. The Balaban J connectivity index is 0.00000410. The summed E-state index contributed by atoms with van der Waals surface area (Å²) in [5.41, 5.74) is 0.884. The molecule has 8 heteroatoms. The maximum absolute atomic E-state index is 8.12. The average molecular weight is 569 g/mol. The summed E-state index contributed by atoms with van der Waals surface area (Å²) in [6.07, 6.45) is 13.9. The predicted molar refractivity (Wildman–Crippen MR) is 163 cm³/mol. The van der Waals surface area contributed by atoms with Crippen LogP contribution in [0, 0.1) is 0 Å². The Morgan fingerprint density at radius 2 is 1.16 bits per heavy atom. The zero-order valence-electron chi connectivity index (χ0n) is 25.4. The molecular weight excluding hydrogens is 513 g/mol. The summed E-state index contributed by atoms with van der Waals surface area (Å²) in [5, 5.41) is 3.21. The minimum Gasteiger partial charge on any atom is -0.377 e. The van der Waals surface area contributed by atoms with Gasteiger partial charge in [0, 0.05) is 27.4 Å². The third kappa shape index (κ3) is 12.7. The van der Waals surface area contributed by atoms with E-state index < -0.39 is 25.0 Å². The van der Waals surface area contributed by atoms with E-state index in [4.69, 9.17) is 22.9 Å². The van der Waals surface area contributed by atoms with Crippen molar-refractivity contribution in [2.75, 3.05) is 21.3 Å². The second kappa shape index (κ2) is 19.2. The van der Waals surface area contributed by atoms with Crippen LogP contribution in [0.5, 0.6) is 0 Å². The van der Waals surface area contributed by atoms with Gasteiger partial charge >= 0.3 is 15.0 Å². The van der Waals surface area contributed by atoms with Crippen LogP contribution >= 0.6 is 0 Å². The first-order chi connectivity index (χ1) is 17.5. The van der Waals surface area contributed by atoms with Gasteiger partial charge in [-0.2, -0.15) is 9.59 Å². The summed E-state index contributed by atoms with van der Waals surface area (Å²) >= 11 is 0. The molecule has 1 aromatic carbocycles. The van der Waals surface area contributed by atoms with Crippen LogP contribution < -0.4 is 10.4 Å². The van der Waals surface area contributed by atoms with Gasteiger partial charge in [0.1, 0.15) is 0 Å². The van der Waals surface area contributed by atoms with Crippen LogP contribution in [-0.2, 0) is 22.9 Å². The van der Waals surface area contributed by atoms with Gasteiger partial charge in [0.15, 0.2) is 0 Å². The Labute approximate surface area is 231 Å². The van der Waals surface area contributed by atoms with Gasteiger partial charge in [-0.1, -0.05) is 145 Å². The first kappa shape index (κ1) is 36.1. The fourth-order valence-electron chi connectivity index (χ4n) is 5.46. The number of carbonyl (C=O) groups excluding carboxylic acids is 2. The zero-order valence-corrected chi connectivity index (χ0v) is 28.4. The fourth-order valence-corrected chi connectivity index (χ4v) is 13.4. The van der Waals surface area contributed by atoms with E-state index in [1.807, 2.05) is 0 Å². The molecule has 1 unspecified atom stereocenters. The van der Waals surface area contributed by atoms with Crippen LogP contribution in [0.3, 0.4) is 0 Å². The Morgan fingerprint density at radius 1 is 0.703 bits per heavy atom.